The van der Waals surface area contributed by atoms with Crippen molar-refractivity contribution in [2.75, 3.05) is 11.9 Å². The van der Waals surface area contributed by atoms with Gasteiger partial charge in [-0.15, -0.1) is 0 Å². The second-order valence-electron chi connectivity index (χ2n) is 4.33. The Morgan fingerprint density at radius 3 is 2.89 bits per heavy atom. The summed E-state index contributed by atoms with van der Waals surface area (Å²) >= 11 is 3.24. The fraction of sp³-hybridized carbons (Fsp3) is 0.500. The van der Waals surface area contributed by atoms with Gasteiger partial charge in [-0.25, -0.2) is 9.78 Å². The Hall–Kier alpha value is -1.14. The number of carbonyl (C=O) groups excluding carboxylic acids is 1. The van der Waals surface area contributed by atoms with E-state index in [1.807, 2.05) is 13.8 Å². The van der Waals surface area contributed by atoms with Crippen LogP contribution >= 0.6 is 15.9 Å². The van der Waals surface area contributed by atoms with Crippen LogP contribution in [0, 0.1) is 0 Å². The molecule has 5 nitrogen and oxygen atoms in total. The van der Waals surface area contributed by atoms with Crippen LogP contribution in [-0.4, -0.2) is 28.3 Å². The van der Waals surface area contributed by atoms with Crippen molar-refractivity contribution in [2.24, 2.45) is 0 Å². The maximum atomic E-state index is 11.8. The Morgan fingerprint density at radius 2 is 2.33 bits per heavy atom. The van der Waals surface area contributed by atoms with Gasteiger partial charge in [0, 0.05) is 24.0 Å². The van der Waals surface area contributed by atoms with E-state index < -0.39 is 5.54 Å². The molecule has 1 unspecified atom stereocenters. The number of rotatable bonds is 5. The smallest absolute Gasteiger partial charge is 0.319 e. The van der Waals surface area contributed by atoms with Crippen LogP contribution in [0.5, 0.6) is 0 Å². The number of halogens is 1. The second-order valence-corrected chi connectivity index (χ2v) is 5.15. The summed E-state index contributed by atoms with van der Waals surface area (Å²) in [6, 6.07) is 3.14. The molecular formula is C12H18BrN3O2. The minimum atomic E-state index is -0.400. The first-order chi connectivity index (χ1) is 8.49. The molecule has 3 N–H and O–H groups in total. The number of aliphatic hydroxyl groups excluding tert-OH is 1. The number of aliphatic hydroxyl groups is 1. The molecule has 1 rings (SSSR count). The van der Waals surface area contributed by atoms with E-state index >= 15 is 0 Å². The minimum Gasteiger partial charge on any atom is -0.396 e. The summed E-state index contributed by atoms with van der Waals surface area (Å²) in [6.45, 7) is 3.93. The SMILES string of the molecule is CCC(C)(CCO)NC(=O)Nc1ccnc(Br)c1. The van der Waals surface area contributed by atoms with Gasteiger partial charge in [-0.1, -0.05) is 6.92 Å². The number of hydrogen-bond acceptors (Lipinski definition) is 3. The van der Waals surface area contributed by atoms with E-state index in [0.717, 1.165) is 6.42 Å². The molecule has 0 aromatic carbocycles. The molecule has 0 saturated carbocycles. The van der Waals surface area contributed by atoms with Crippen molar-refractivity contribution >= 4 is 27.6 Å². The maximum absolute atomic E-state index is 11.8. The van der Waals surface area contributed by atoms with E-state index in [9.17, 15) is 4.79 Å². The summed E-state index contributed by atoms with van der Waals surface area (Å²) in [5, 5.41) is 14.6. The molecule has 6 heteroatoms. The first-order valence-electron chi connectivity index (χ1n) is 5.80. The van der Waals surface area contributed by atoms with Crippen LogP contribution in [0.25, 0.3) is 0 Å². The number of nitrogens with zero attached hydrogens (tertiary/aromatic N) is 1. The molecule has 2 amide bonds. The van der Waals surface area contributed by atoms with Crippen LogP contribution in [-0.2, 0) is 0 Å². The van der Waals surface area contributed by atoms with Gasteiger partial charge in [-0.3, -0.25) is 0 Å². The monoisotopic (exact) mass is 315 g/mol. The van der Waals surface area contributed by atoms with Crippen LogP contribution in [0.4, 0.5) is 10.5 Å². The molecule has 0 radical (unpaired) electrons. The lowest BCUT2D eigenvalue weighted by molar-refractivity contribution is 0.208. The Morgan fingerprint density at radius 1 is 1.61 bits per heavy atom. The lowest BCUT2D eigenvalue weighted by Crippen LogP contribution is -2.48. The molecule has 1 heterocycles. The minimum absolute atomic E-state index is 0.0470. The molecule has 0 aliphatic carbocycles. The topological polar surface area (TPSA) is 74.2 Å². The normalized spacial score (nSPS) is 13.8. The summed E-state index contributed by atoms with van der Waals surface area (Å²) in [4.78, 5) is 15.8. The van der Waals surface area contributed by atoms with Crippen LogP contribution in [0.1, 0.15) is 26.7 Å². The Kier molecular flexibility index (Phi) is 5.55. The average molecular weight is 316 g/mol. The third kappa shape index (κ3) is 4.62. The van der Waals surface area contributed by atoms with Crippen molar-refractivity contribution in [1.29, 1.82) is 0 Å². The Balaban J connectivity index is 2.61. The molecule has 1 aromatic rings. The first kappa shape index (κ1) is 14.9. The lowest BCUT2D eigenvalue weighted by Gasteiger charge is -2.28. The van der Waals surface area contributed by atoms with E-state index in [2.05, 4.69) is 31.5 Å². The van der Waals surface area contributed by atoms with Crippen LogP contribution in [0.15, 0.2) is 22.9 Å². The molecule has 18 heavy (non-hydrogen) atoms. The first-order valence-corrected chi connectivity index (χ1v) is 6.60. The van der Waals surface area contributed by atoms with Crippen LogP contribution in [0.2, 0.25) is 0 Å². The Bertz CT molecular complexity index is 414. The number of hydrogen-bond donors (Lipinski definition) is 3. The summed E-state index contributed by atoms with van der Waals surface area (Å²) in [5.41, 5.74) is 0.264. The predicted octanol–water partition coefficient (Wildman–Crippen LogP) is 2.52. The van der Waals surface area contributed by atoms with E-state index in [1.54, 1.807) is 18.3 Å². The summed E-state index contributed by atoms with van der Waals surface area (Å²) in [6.07, 6.45) is 2.88. The fourth-order valence-corrected chi connectivity index (χ4v) is 1.86. The third-order valence-corrected chi connectivity index (χ3v) is 3.28. The molecule has 0 bridgehead atoms. The van der Waals surface area contributed by atoms with Gasteiger partial charge in [0.2, 0.25) is 0 Å². The molecule has 0 aliphatic rings. The number of aromatic nitrogens is 1. The molecule has 1 atom stereocenters. The molecule has 100 valence electrons. The van der Waals surface area contributed by atoms with Crippen molar-refractivity contribution in [3.05, 3.63) is 22.9 Å². The highest BCUT2D eigenvalue weighted by molar-refractivity contribution is 9.10. The molecule has 0 fully saturated rings. The van der Waals surface area contributed by atoms with Gasteiger partial charge in [0.15, 0.2) is 0 Å². The number of urea groups is 1. The van der Waals surface area contributed by atoms with E-state index in [0.29, 0.717) is 16.7 Å². The standard InChI is InChI=1S/C12H18BrN3O2/c1-3-12(2,5-7-17)16-11(18)15-9-4-6-14-10(13)8-9/h4,6,8,17H,3,5,7H2,1-2H3,(H2,14,15,16,18). The van der Waals surface area contributed by atoms with Gasteiger partial charge in [0.05, 0.1) is 0 Å². The molecule has 1 aromatic heterocycles. The van der Waals surface area contributed by atoms with Gasteiger partial charge in [-0.05, 0) is 47.8 Å². The van der Waals surface area contributed by atoms with Crippen molar-refractivity contribution in [3.8, 4) is 0 Å². The van der Waals surface area contributed by atoms with Gasteiger partial charge >= 0.3 is 6.03 Å². The molecule has 0 spiro atoms. The van der Waals surface area contributed by atoms with Gasteiger partial charge in [-0.2, -0.15) is 0 Å². The van der Waals surface area contributed by atoms with Crippen molar-refractivity contribution in [3.63, 3.8) is 0 Å². The fourth-order valence-electron chi connectivity index (χ4n) is 1.49. The molecule has 0 aliphatic heterocycles. The van der Waals surface area contributed by atoms with Crippen molar-refractivity contribution < 1.29 is 9.90 Å². The number of nitrogens with one attached hydrogen (secondary N) is 2. The molecular weight excluding hydrogens is 298 g/mol. The number of carbonyl (C=O) groups is 1. The largest absolute Gasteiger partial charge is 0.396 e. The van der Waals surface area contributed by atoms with Crippen molar-refractivity contribution in [2.45, 2.75) is 32.2 Å². The summed E-state index contributed by atoms with van der Waals surface area (Å²) < 4.78 is 0.661. The quantitative estimate of drug-likeness (QED) is 0.731. The summed E-state index contributed by atoms with van der Waals surface area (Å²) in [5.74, 6) is 0. The highest BCUT2D eigenvalue weighted by atomic mass is 79.9. The zero-order chi connectivity index (χ0) is 13.6. The van der Waals surface area contributed by atoms with Gasteiger partial charge < -0.3 is 15.7 Å². The zero-order valence-corrected chi connectivity index (χ0v) is 12.1. The van der Waals surface area contributed by atoms with E-state index in [-0.39, 0.29) is 12.6 Å². The Labute approximate surface area is 115 Å². The maximum Gasteiger partial charge on any atom is 0.319 e. The lowest BCUT2D eigenvalue weighted by atomic mass is 9.95. The van der Waals surface area contributed by atoms with Gasteiger partial charge in [0.25, 0.3) is 0 Å². The number of anilines is 1. The van der Waals surface area contributed by atoms with Crippen LogP contribution in [0.3, 0.4) is 0 Å². The van der Waals surface area contributed by atoms with E-state index in [4.69, 9.17) is 5.11 Å². The van der Waals surface area contributed by atoms with Crippen molar-refractivity contribution in [1.82, 2.24) is 10.3 Å². The third-order valence-electron chi connectivity index (χ3n) is 2.84. The number of amides is 2. The summed E-state index contributed by atoms with van der Waals surface area (Å²) in [7, 11) is 0. The van der Waals surface area contributed by atoms with E-state index in [1.165, 1.54) is 0 Å². The average Bonchev–Trinajstić information content (AvgIpc) is 2.29. The van der Waals surface area contributed by atoms with Gasteiger partial charge in [0.1, 0.15) is 4.60 Å². The second kappa shape index (κ2) is 6.70. The van der Waals surface area contributed by atoms with Crippen LogP contribution < -0.4 is 10.6 Å². The zero-order valence-electron chi connectivity index (χ0n) is 10.5. The highest BCUT2D eigenvalue weighted by Gasteiger charge is 2.23. The predicted molar refractivity (Wildman–Crippen MR) is 74.5 cm³/mol. The highest BCUT2D eigenvalue weighted by Crippen LogP contribution is 2.15. The number of pyridine rings is 1. The molecule has 0 saturated heterocycles.